The van der Waals surface area contributed by atoms with Crippen molar-refractivity contribution in [1.82, 2.24) is 9.71 Å². The van der Waals surface area contributed by atoms with Crippen molar-refractivity contribution < 1.29 is 18.6 Å². The lowest BCUT2D eigenvalue weighted by Crippen LogP contribution is -2.24. The number of sulfonamides is 1. The maximum absolute atomic E-state index is 12.5. The van der Waals surface area contributed by atoms with E-state index < -0.39 is 10.0 Å². The molecule has 0 aliphatic rings. The average molecular weight is 390 g/mol. The van der Waals surface area contributed by atoms with E-state index in [4.69, 9.17) is 0 Å². The van der Waals surface area contributed by atoms with E-state index in [1.54, 1.807) is 30.5 Å². The van der Waals surface area contributed by atoms with Crippen LogP contribution in [-0.4, -0.2) is 23.6 Å². The van der Waals surface area contributed by atoms with Gasteiger partial charge in [-0.05, 0) is 43.7 Å². The van der Waals surface area contributed by atoms with Gasteiger partial charge in [-0.3, -0.25) is 0 Å². The zero-order valence-corrected chi connectivity index (χ0v) is 15.9. The van der Waals surface area contributed by atoms with E-state index >= 15 is 0 Å². The van der Waals surface area contributed by atoms with E-state index in [1.807, 2.05) is 13.0 Å². The van der Waals surface area contributed by atoms with Gasteiger partial charge >= 0.3 is 0 Å². The van der Waals surface area contributed by atoms with Gasteiger partial charge in [-0.1, -0.05) is 17.7 Å². The van der Waals surface area contributed by atoms with Crippen molar-refractivity contribution >= 4 is 21.4 Å². The van der Waals surface area contributed by atoms with Gasteiger partial charge in [0.2, 0.25) is 10.0 Å². The summed E-state index contributed by atoms with van der Waals surface area (Å²) in [5.41, 5.74) is 2.94. The molecule has 1 heterocycles. The first kappa shape index (κ1) is 18.4. The predicted molar refractivity (Wildman–Crippen MR) is 101 cm³/mol. The molecule has 0 atom stereocenters. The van der Waals surface area contributed by atoms with E-state index in [0.717, 1.165) is 5.56 Å². The zero-order chi connectivity index (χ0) is 18.9. The van der Waals surface area contributed by atoms with Crippen LogP contribution in [-0.2, 0) is 16.6 Å². The molecule has 3 rings (SSSR count). The number of nitrogens with one attached hydrogen (secondary N) is 1. The molecular weight excluding hydrogens is 372 g/mol. The van der Waals surface area contributed by atoms with Crippen molar-refractivity contribution in [3.05, 3.63) is 57.9 Å². The average Bonchev–Trinajstić information content (AvgIpc) is 3.04. The second-order valence-corrected chi connectivity index (χ2v) is 8.60. The first-order chi connectivity index (χ1) is 12.3. The number of phenols is 2. The third-order valence-corrected chi connectivity index (χ3v) is 6.27. The predicted octanol–water partition coefficient (Wildman–Crippen LogP) is 3.32. The van der Waals surface area contributed by atoms with Crippen LogP contribution in [0.2, 0.25) is 0 Å². The number of rotatable bonds is 5. The number of nitrogens with zero attached hydrogens (tertiary/aromatic N) is 1. The fraction of sp³-hybridized carbons (Fsp3) is 0.167. The Kier molecular flexibility index (Phi) is 4.99. The Morgan fingerprint density at radius 3 is 2.54 bits per heavy atom. The summed E-state index contributed by atoms with van der Waals surface area (Å²) in [5.74, 6) is -0.432. The molecule has 0 spiro atoms. The van der Waals surface area contributed by atoms with E-state index in [-0.39, 0.29) is 22.9 Å². The Labute approximate surface area is 155 Å². The van der Waals surface area contributed by atoms with Crippen LogP contribution in [0.3, 0.4) is 0 Å². The van der Waals surface area contributed by atoms with Gasteiger partial charge in [0.05, 0.1) is 17.1 Å². The molecule has 136 valence electrons. The molecule has 0 aliphatic carbocycles. The fourth-order valence-electron chi connectivity index (χ4n) is 2.54. The molecular formula is C18H18N2O4S2. The molecule has 0 fully saturated rings. The summed E-state index contributed by atoms with van der Waals surface area (Å²) < 4.78 is 27.6. The molecule has 0 radical (unpaired) electrons. The summed E-state index contributed by atoms with van der Waals surface area (Å²) >= 11 is 1.31. The maximum atomic E-state index is 12.5. The van der Waals surface area contributed by atoms with Gasteiger partial charge in [-0.15, -0.1) is 11.3 Å². The number of hydrogen-bond acceptors (Lipinski definition) is 6. The highest BCUT2D eigenvalue weighted by molar-refractivity contribution is 7.89. The van der Waals surface area contributed by atoms with Crippen LogP contribution >= 0.6 is 11.3 Å². The Bertz CT molecular complexity index is 1060. The lowest BCUT2D eigenvalue weighted by atomic mass is 10.1. The van der Waals surface area contributed by atoms with Crippen molar-refractivity contribution in [3.63, 3.8) is 0 Å². The number of aromatic hydroxyl groups is 2. The van der Waals surface area contributed by atoms with Crippen LogP contribution < -0.4 is 4.72 Å². The van der Waals surface area contributed by atoms with Crippen LogP contribution in [0.1, 0.15) is 16.1 Å². The molecule has 0 aliphatic heterocycles. The Hall–Kier alpha value is -2.42. The molecule has 3 aromatic rings. The topological polar surface area (TPSA) is 99.5 Å². The summed E-state index contributed by atoms with van der Waals surface area (Å²) in [6.45, 7) is 3.75. The minimum atomic E-state index is -3.63. The number of aryl methyl sites for hydroxylation is 2. The number of phenolic OH excluding ortho intramolecular Hbond substituents is 2. The molecule has 8 heteroatoms. The third kappa shape index (κ3) is 3.87. The van der Waals surface area contributed by atoms with Gasteiger partial charge in [-0.2, -0.15) is 0 Å². The Morgan fingerprint density at radius 1 is 1.08 bits per heavy atom. The number of thiazole rings is 1. The van der Waals surface area contributed by atoms with Crippen LogP contribution in [0.25, 0.3) is 11.3 Å². The van der Waals surface area contributed by atoms with Crippen LogP contribution in [0, 0.1) is 13.8 Å². The van der Waals surface area contributed by atoms with Gasteiger partial charge < -0.3 is 10.2 Å². The molecule has 3 N–H and O–H groups in total. The second kappa shape index (κ2) is 7.06. The van der Waals surface area contributed by atoms with Crippen molar-refractivity contribution in [1.29, 1.82) is 0 Å². The standard InChI is InChI=1S/C18H18N2O4S2/c1-11-3-6-17(12(2)7-11)26(23,24)19-9-18-20-14(10-25-18)13-4-5-15(21)16(22)8-13/h3-8,10,19,21-22H,9H2,1-2H3. The van der Waals surface area contributed by atoms with Crippen LogP contribution in [0.4, 0.5) is 0 Å². The number of benzene rings is 2. The number of aromatic nitrogens is 1. The summed E-state index contributed by atoms with van der Waals surface area (Å²) in [4.78, 5) is 4.64. The molecule has 1 aromatic heterocycles. The van der Waals surface area contributed by atoms with Gasteiger partial charge in [0, 0.05) is 10.9 Å². The highest BCUT2D eigenvalue weighted by atomic mass is 32.2. The van der Waals surface area contributed by atoms with Crippen LogP contribution in [0.15, 0.2) is 46.7 Å². The number of hydrogen-bond donors (Lipinski definition) is 3. The quantitative estimate of drug-likeness (QED) is 0.581. The Morgan fingerprint density at radius 2 is 1.85 bits per heavy atom. The summed E-state index contributed by atoms with van der Waals surface area (Å²) in [5, 5.41) is 21.3. The van der Waals surface area contributed by atoms with Crippen LogP contribution in [0.5, 0.6) is 11.5 Å². The zero-order valence-electron chi connectivity index (χ0n) is 14.2. The fourth-order valence-corrected chi connectivity index (χ4v) is 4.59. The van der Waals surface area contributed by atoms with Gasteiger partial charge in [0.1, 0.15) is 5.01 Å². The van der Waals surface area contributed by atoms with Crippen molar-refractivity contribution in [2.24, 2.45) is 0 Å². The summed E-state index contributed by atoms with van der Waals surface area (Å²) in [6, 6.07) is 9.61. The molecule has 0 amide bonds. The SMILES string of the molecule is Cc1ccc(S(=O)(=O)NCc2nc(-c3ccc(O)c(O)c3)cs2)c(C)c1. The van der Waals surface area contributed by atoms with E-state index in [1.165, 1.54) is 23.5 Å². The molecule has 26 heavy (non-hydrogen) atoms. The highest BCUT2D eigenvalue weighted by Crippen LogP contribution is 2.31. The lowest BCUT2D eigenvalue weighted by Gasteiger charge is -2.09. The van der Waals surface area contributed by atoms with Gasteiger partial charge in [0.25, 0.3) is 0 Å². The monoisotopic (exact) mass is 390 g/mol. The van der Waals surface area contributed by atoms with Crippen molar-refractivity contribution in [2.45, 2.75) is 25.3 Å². The maximum Gasteiger partial charge on any atom is 0.241 e. The van der Waals surface area contributed by atoms with E-state index in [2.05, 4.69) is 9.71 Å². The molecule has 0 saturated carbocycles. The first-order valence-electron chi connectivity index (χ1n) is 7.80. The van der Waals surface area contributed by atoms with E-state index in [9.17, 15) is 18.6 Å². The Balaban J connectivity index is 1.76. The molecule has 0 saturated heterocycles. The normalized spacial score (nSPS) is 11.6. The first-order valence-corrected chi connectivity index (χ1v) is 10.2. The molecule has 0 bridgehead atoms. The highest BCUT2D eigenvalue weighted by Gasteiger charge is 2.17. The molecule has 2 aromatic carbocycles. The second-order valence-electron chi connectivity index (χ2n) is 5.92. The molecule has 0 unspecified atom stereocenters. The smallest absolute Gasteiger partial charge is 0.241 e. The van der Waals surface area contributed by atoms with Gasteiger partial charge in [0.15, 0.2) is 11.5 Å². The third-order valence-electron chi connectivity index (χ3n) is 3.86. The minimum absolute atomic E-state index is 0.0738. The summed E-state index contributed by atoms with van der Waals surface area (Å²) in [6.07, 6.45) is 0. The lowest BCUT2D eigenvalue weighted by molar-refractivity contribution is 0.404. The molecule has 6 nitrogen and oxygen atoms in total. The largest absolute Gasteiger partial charge is 0.504 e. The minimum Gasteiger partial charge on any atom is -0.504 e. The van der Waals surface area contributed by atoms with E-state index in [0.29, 0.717) is 21.8 Å². The van der Waals surface area contributed by atoms with Gasteiger partial charge in [-0.25, -0.2) is 18.1 Å². The summed E-state index contributed by atoms with van der Waals surface area (Å²) in [7, 11) is -3.63. The van der Waals surface area contributed by atoms with Crippen molar-refractivity contribution in [3.8, 4) is 22.8 Å². The van der Waals surface area contributed by atoms with Crippen molar-refractivity contribution in [2.75, 3.05) is 0 Å².